The smallest absolute Gasteiger partial charge is 0.163 e. The van der Waals surface area contributed by atoms with Gasteiger partial charge in [0.05, 0.1) is 18.9 Å². The van der Waals surface area contributed by atoms with Crippen LogP contribution in [0.2, 0.25) is 0 Å². The largest absolute Gasteiger partial charge is 0.493 e. The first kappa shape index (κ1) is 17.7. The molecule has 0 aliphatic carbocycles. The van der Waals surface area contributed by atoms with Gasteiger partial charge >= 0.3 is 0 Å². The fourth-order valence-electron chi connectivity index (χ4n) is 1.57. The number of aliphatic hydroxyl groups excluding tert-OH is 1. The van der Waals surface area contributed by atoms with Crippen molar-refractivity contribution in [3.63, 3.8) is 0 Å². The number of aliphatic hydroxyl groups is 1. The standard InChI is InChI=1S/C16H22N2O4/c1-12(10-19)17-7-8-18(3)14-5-6-15(16(9-14)21-4)22-11-13(2)20/h5-10,13,20H,11H2,1-4H3/b8-7-,17-12?. The summed E-state index contributed by atoms with van der Waals surface area (Å²) in [5.41, 5.74) is 1.28. The molecule has 6 heteroatoms. The van der Waals surface area contributed by atoms with E-state index >= 15 is 0 Å². The number of benzene rings is 1. The van der Waals surface area contributed by atoms with E-state index in [1.54, 1.807) is 39.4 Å². The Labute approximate surface area is 130 Å². The monoisotopic (exact) mass is 306 g/mol. The molecule has 0 aliphatic rings. The van der Waals surface area contributed by atoms with Gasteiger partial charge in [-0.15, -0.1) is 0 Å². The van der Waals surface area contributed by atoms with Gasteiger partial charge in [0.15, 0.2) is 17.8 Å². The summed E-state index contributed by atoms with van der Waals surface area (Å²) in [6.45, 7) is 3.49. The molecule has 1 aromatic rings. The highest BCUT2D eigenvalue weighted by Crippen LogP contribution is 2.31. The van der Waals surface area contributed by atoms with Gasteiger partial charge < -0.3 is 19.5 Å². The van der Waals surface area contributed by atoms with Crippen LogP contribution in [0.3, 0.4) is 0 Å². The Morgan fingerprint density at radius 3 is 2.77 bits per heavy atom. The van der Waals surface area contributed by atoms with Crippen LogP contribution in [0.15, 0.2) is 35.6 Å². The fraction of sp³-hybridized carbons (Fsp3) is 0.375. The lowest BCUT2D eigenvalue weighted by Crippen LogP contribution is -2.13. The van der Waals surface area contributed by atoms with Gasteiger partial charge in [-0.1, -0.05) is 0 Å². The van der Waals surface area contributed by atoms with E-state index in [9.17, 15) is 9.90 Å². The molecule has 0 saturated heterocycles. The molecule has 1 N–H and O–H groups in total. The maximum absolute atomic E-state index is 10.5. The van der Waals surface area contributed by atoms with Crippen molar-refractivity contribution in [2.75, 3.05) is 25.7 Å². The first-order valence-corrected chi connectivity index (χ1v) is 6.86. The van der Waals surface area contributed by atoms with Crippen molar-refractivity contribution in [2.24, 2.45) is 4.99 Å². The van der Waals surface area contributed by atoms with Crippen molar-refractivity contribution < 1.29 is 19.4 Å². The lowest BCUT2D eigenvalue weighted by Gasteiger charge is -2.17. The minimum atomic E-state index is -0.547. The highest BCUT2D eigenvalue weighted by Gasteiger charge is 2.08. The third-order valence-electron chi connectivity index (χ3n) is 2.77. The molecule has 1 unspecified atom stereocenters. The van der Waals surface area contributed by atoms with Crippen molar-refractivity contribution in [3.05, 3.63) is 30.6 Å². The zero-order chi connectivity index (χ0) is 16.5. The van der Waals surface area contributed by atoms with E-state index in [0.717, 1.165) is 5.69 Å². The second-order valence-electron chi connectivity index (χ2n) is 4.79. The van der Waals surface area contributed by atoms with Crippen LogP contribution in [-0.2, 0) is 4.79 Å². The topological polar surface area (TPSA) is 71.4 Å². The fourth-order valence-corrected chi connectivity index (χ4v) is 1.57. The highest BCUT2D eigenvalue weighted by molar-refractivity contribution is 6.27. The van der Waals surface area contributed by atoms with Crippen LogP contribution in [0, 0.1) is 0 Å². The Hall–Kier alpha value is -2.34. The number of anilines is 1. The lowest BCUT2D eigenvalue weighted by molar-refractivity contribution is -0.102. The summed E-state index contributed by atoms with van der Waals surface area (Å²) in [4.78, 5) is 16.3. The molecule has 0 spiro atoms. The molecule has 120 valence electrons. The van der Waals surface area contributed by atoms with Crippen LogP contribution >= 0.6 is 0 Å². The molecule has 0 aromatic heterocycles. The molecule has 0 fully saturated rings. The summed E-state index contributed by atoms with van der Waals surface area (Å²) >= 11 is 0. The number of aliphatic imine (C=N–C) groups is 1. The highest BCUT2D eigenvalue weighted by atomic mass is 16.5. The van der Waals surface area contributed by atoms with Crippen molar-refractivity contribution in [1.82, 2.24) is 0 Å². The van der Waals surface area contributed by atoms with E-state index < -0.39 is 6.10 Å². The van der Waals surface area contributed by atoms with Gasteiger partial charge in [0.2, 0.25) is 0 Å². The summed E-state index contributed by atoms with van der Waals surface area (Å²) in [6.07, 6.45) is 3.43. The summed E-state index contributed by atoms with van der Waals surface area (Å²) in [7, 11) is 3.41. The van der Waals surface area contributed by atoms with Gasteiger partial charge in [-0.3, -0.25) is 9.79 Å². The SMILES string of the molecule is COc1cc(N(C)/C=C\N=C(C)C=O)ccc1OCC(C)O. The van der Waals surface area contributed by atoms with Crippen LogP contribution in [0.4, 0.5) is 5.69 Å². The van der Waals surface area contributed by atoms with E-state index in [2.05, 4.69) is 4.99 Å². The third kappa shape index (κ3) is 5.57. The Bertz CT molecular complexity index is 553. The van der Waals surface area contributed by atoms with Crippen molar-refractivity contribution in [3.8, 4) is 11.5 Å². The Kier molecular flexibility index (Phi) is 7.12. The number of rotatable bonds is 8. The Balaban J connectivity index is 2.85. The maximum Gasteiger partial charge on any atom is 0.163 e. The zero-order valence-corrected chi connectivity index (χ0v) is 13.3. The first-order valence-electron chi connectivity index (χ1n) is 6.86. The summed E-state index contributed by atoms with van der Waals surface area (Å²) in [5, 5.41) is 9.26. The van der Waals surface area contributed by atoms with Crippen LogP contribution in [-0.4, -0.2) is 44.0 Å². The zero-order valence-electron chi connectivity index (χ0n) is 13.3. The van der Waals surface area contributed by atoms with Crippen LogP contribution in [0.25, 0.3) is 0 Å². The van der Waals surface area contributed by atoms with Gasteiger partial charge in [-0.05, 0) is 26.0 Å². The van der Waals surface area contributed by atoms with Crippen LogP contribution < -0.4 is 14.4 Å². The summed E-state index contributed by atoms with van der Waals surface area (Å²) < 4.78 is 10.8. The van der Waals surface area contributed by atoms with Crippen LogP contribution in [0.1, 0.15) is 13.8 Å². The number of carbonyl (C=O) groups is 1. The van der Waals surface area contributed by atoms with Gasteiger partial charge in [0.1, 0.15) is 6.61 Å². The predicted molar refractivity (Wildman–Crippen MR) is 86.9 cm³/mol. The Morgan fingerprint density at radius 1 is 1.45 bits per heavy atom. The molecule has 0 radical (unpaired) electrons. The number of hydrogen-bond acceptors (Lipinski definition) is 6. The first-order chi connectivity index (χ1) is 10.5. The molecule has 0 aliphatic heterocycles. The number of hydrogen-bond donors (Lipinski definition) is 1. The third-order valence-corrected chi connectivity index (χ3v) is 2.77. The average Bonchev–Trinajstić information content (AvgIpc) is 2.52. The van der Waals surface area contributed by atoms with Gasteiger partial charge in [-0.2, -0.15) is 0 Å². The Morgan fingerprint density at radius 2 is 2.18 bits per heavy atom. The van der Waals surface area contributed by atoms with E-state index in [4.69, 9.17) is 9.47 Å². The quantitative estimate of drug-likeness (QED) is 0.588. The molecule has 22 heavy (non-hydrogen) atoms. The van der Waals surface area contributed by atoms with Gasteiger partial charge in [0.25, 0.3) is 0 Å². The number of ether oxygens (including phenoxy) is 2. The summed E-state index contributed by atoms with van der Waals surface area (Å²) in [6, 6.07) is 5.46. The molecule has 6 nitrogen and oxygen atoms in total. The number of nitrogens with zero attached hydrogens (tertiary/aromatic N) is 2. The minimum absolute atomic E-state index is 0.200. The van der Waals surface area contributed by atoms with Crippen molar-refractivity contribution in [1.29, 1.82) is 0 Å². The van der Waals surface area contributed by atoms with Gasteiger partial charge in [0, 0.05) is 31.2 Å². The van der Waals surface area contributed by atoms with Crippen molar-refractivity contribution in [2.45, 2.75) is 20.0 Å². The normalized spacial score (nSPS) is 13.0. The molecular weight excluding hydrogens is 284 g/mol. The predicted octanol–water partition coefficient (Wildman–Crippen LogP) is 2.02. The molecule has 1 atom stereocenters. The average molecular weight is 306 g/mol. The van der Waals surface area contributed by atoms with Crippen molar-refractivity contribution >= 4 is 17.7 Å². The second-order valence-corrected chi connectivity index (χ2v) is 4.79. The maximum atomic E-state index is 10.5. The number of methoxy groups -OCH3 is 1. The van der Waals surface area contributed by atoms with Gasteiger partial charge in [-0.25, -0.2) is 0 Å². The molecular formula is C16H22N2O4. The van der Waals surface area contributed by atoms with E-state index in [1.165, 1.54) is 0 Å². The number of carbonyl (C=O) groups excluding carboxylic acids is 1. The molecule has 0 amide bonds. The number of aldehydes is 1. The summed E-state index contributed by atoms with van der Waals surface area (Å²) in [5.74, 6) is 1.14. The molecule has 0 bridgehead atoms. The molecule has 1 rings (SSSR count). The molecule has 0 heterocycles. The van der Waals surface area contributed by atoms with E-state index in [1.807, 2.05) is 24.1 Å². The van der Waals surface area contributed by atoms with E-state index in [-0.39, 0.29) is 6.61 Å². The second kappa shape index (κ2) is 8.84. The van der Waals surface area contributed by atoms with E-state index in [0.29, 0.717) is 23.5 Å². The lowest BCUT2D eigenvalue weighted by atomic mass is 10.2. The molecule has 1 aromatic carbocycles. The molecule has 0 saturated carbocycles. The van der Waals surface area contributed by atoms with Crippen LogP contribution in [0.5, 0.6) is 11.5 Å². The minimum Gasteiger partial charge on any atom is -0.493 e.